The quantitative estimate of drug-likeness (QED) is 0.910. The van der Waals surface area contributed by atoms with Gasteiger partial charge in [0.25, 0.3) is 5.91 Å². The zero-order valence-electron chi connectivity index (χ0n) is 15.2. The Morgan fingerprint density at radius 2 is 1.92 bits per heavy atom. The molecule has 2 saturated heterocycles. The zero-order valence-corrected chi connectivity index (χ0v) is 15.2. The Kier molecular flexibility index (Phi) is 4.95. The van der Waals surface area contributed by atoms with Gasteiger partial charge in [0, 0.05) is 57.1 Å². The Hall–Kier alpha value is -2.31. The number of hydrogen-bond acceptors (Lipinski definition) is 5. The molecular formula is C20H25N5O. The van der Waals surface area contributed by atoms with Crippen molar-refractivity contribution < 1.29 is 4.79 Å². The van der Waals surface area contributed by atoms with E-state index >= 15 is 0 Å². The van der Waals surface area contributed by atoms with Gasteiger partial charge in [0.05, 0.1) is 11.3 Å². The number of amides is 1. The average Bonchev–Trinajstić information content (AvgIpc) is 3.19. The number of nitrogens with one attached hydrogen (secondary N) is 1. The molecule has 1 aromatic carbocycles. The molecule has 1 N–H and O–H groups in total. The minimum Gasteiger partial charge on any atom is -0.337 e. The van der Waals surface area contributed by atoms with Crippen LogP contribution >= 0.6 is 0 Å². The molecule has 2 aliphatic heterocycles. The van der Waals surface area contributed by atoms with E-state index in [1.54, 1.807) is 6.20 Å². The van der Waals surface area contributed by atoms with E-state index in [1.165, 1.54) is 0 Å². The first kappa shape index (κ1) is 17.1. The molecule has 4 rings (SSSR count). The molecule has 0 bridgehead atoms. The van der Waals surface area contributed by atoms with Crippen molar-refractivity contribution in [3.8, 4) is 11.4 Å². The second-order valence-corrected chi connectivity index (χ2v) is 7.04. The fourth-order valence-electron chi connectivity index (χ4n) is 3.85. The lowest BCUT2D eigenvalue weighted by atomic mass is 10.1. The third kappa shape index (κ3) is 3.48. The van der Waals surface area contributed by atoms with Crippen LogP contribution in [0, 0.1) is 6.92 Å². The number of hydrogen-bond donors (Lipinski definition) is 1. The van der Waals surface area contributed by atoms with Crippen molar-refractivity contribution in [2.45, 2.75) is 19.4 Å². The third-order valence-electron chi connectivity index (χ3n) is 5.36. The molecule has 0 saturated carbocycles. The number of aromatic nitrogens is 2. The Morgan fingerprint density at radius 3 is 2.65 bits per heavy atom. The lowest BCUT2D eigenvalue weighted by Gasteiger charge is -2.32. The highest BCUT2D eigenvalue weighted by Gasteiger charge is 2.32. The molecule has 26 heavy (non-hydrogen) atoms. The van der Waals surface area contributed by atoms with E-state index in [2.05, 4.69) is 20.2 Å². The smallest absolute Gasteiger partial charge is 0.257 e. The van der Waals surface area contributed by atoms with Gasteiger partial charge < -0.3 is 10.2 Å². The second-order valence-electron chi connectivity index (χ2n) is 7.04. The molecule has 1 amide bonds. The molecule has 1 unspecified atom stereocenters. The van der Waals surface area contributed by atoms with Crippen LogP contribution in [0.15, 0.2) is 36.5 Å². The van der Waals surface area contributed by atoms with Gasteiger partial charge in [-0.15, -0.1) is 0 Å². The Morgan fingerprint density at radius 1 is 1.15 bits per heavy atom. The summed E-state index contributed by atoms with van der Waals surface area (Å²) in [7, 11) is 0. The first-order valence-corrected chi connectivity index (χ1v) is 9.35. The van der Waals surface area contributed by atoms with Crippen LogP contribution in [0.3, 0.4) is 0 Å². The SMILES string of the molecule is Cc1nc(-c2ccccc2)ncc1C(=O)N1CCC(N2CCNCC2)C1. The van der Waals surface area contributed by atoms with Crippen molar-refractivity contribution in [3.05, 3.63) is 47.8 Å². The van der Waals surface area contributed by atoms with E-state index in [-0.39, 0.29) is 5.91 Å². The summed E-state index contributed by atoms with van der Waals surface area (Å²) in [6.07, 6.45) is 2.74. The third-order valence-corrected chi connectivity index (χ3v) is 5.36. The topological polar surface area (TPSA) is 61.4 Å². The van der Waals surface area contributed by atoms with E-state index < -0.39 is 0 Å². The maximum atomic E-state index is 13.0. The highest BCUT2D eigenvalue weighted by atomic mass is 16.2. The van der Waals surface area contributed by atoms with Gasteiger partial charge in [0.2, 0.25) is 0 Å². The van der Waals surface area contributed by atoms with Crippen molar-refractivity contribution in [2.75, 3.05) is 39.3 Å². The normalized spacial score (nSPS) is 21.1. The zero-order chi connectivity index (χ0) is 17.9. The molecule has 136 valence electrons. The molecule has 6 heteroatoms. The van der Waals surface area contributed by atoms with Crippen LogP contribution in [0.5, 0.6) is 0 Å². The van der Waals surface area contributed by atoms with Crippen LogP contribution in [0.25, 0.3) is 11.4 Å². The summed E-state index contributed by atoms with van der Waals surface area (Å²) < 4.78 is 0. The number of rotatable bonds is 3. The second kappa shape index (κ2) is 7.51. The summed E-state index contributed by atoms with van der Waals surface area (Å²) in [4.78, 5) is 26.4. The molecule has 0 spiro atoms. The van der Waals surface area contributed by atoms with Gasteiger partial charge in [0.15, 0.2) is 5.82 Å². The predicted octanol–water partition coefficient (Wildman–Crippen LogP) is 1.57. The van der Waals surface area contributed by atoms with Gasteiger partial charge in [-0.1, -0.05) is 30.3 Å². The maximum absolute atomic E-state index is 13.0. The standard InChI is InChI=1S/C20H25N5O/c1-15-18(13-22-19(23-15)16-5-3-2-4-6-16)20(26)25-10-7-17(14-25)24-11-8-21-9-12-24/h2-6,13,17,21H,7-12,14H2,1H3. The summed E-state index contributed by atoms with van der Waals surface area (Å²) in [5.74, 6) is 0.722. The molecule has 2 fully saturated rings. The van der Waals surface area contributed by atoms with Crippen molar-refractivity contribution in [1.29, 1.82) is 0 Å². The van der Waals surface area contributed by atoms with E-state index in [9.17, 15) is 4.79 Å². The van der Waals surface area contributed by atoms with Crippen LogP contribution in [0.1, 0.15) is 22.5 Å². The molecule has 1 aromatic heterocycles. The maximum Gasteiger partial charge on any atom is 0.257 e. The number of carbonyl (C=O) groups is 1. The minimum absolute atomic E-state index is 0.0553. The van der Waals surface area contributed by atoms with Crippen LogP contribution in [-0.2, 0) is 0 Å². The van der Waals surface area contributed by atoms with Crippen LogP contribution in [0.4, 0.5) is 0 Å². The first-order chi connectivity index (χ1) is 12.7. The fourth-order valence-corrected chi connectivity index (χ4v) is 3.85. The van der Waals surface area contributed by atoms with Gasteiger partial charge in [-0.05, 0) is 13.3 Å². The summed E-state index contributed by atoms with van der Waals surface area (Å²) in [6, 6.07) is 10.3. The van der Waals surface area contributed by atoms with Gasteiger partial charge in [0.1, 0.15) is 0 Å². The highest BCUT2D eigenvalue weighted by molar-refractivity contribution is 5.95. The summed E-state index contributed by atoms with van der Waals surface area (Å²) in [5, 5.41) is 3.39. The number of carbonyl (C=O) groups excluding carboxylic acids is 1. The highest BCUT2D eigenvalue weighted by Crippen LogP contribution is 2.21. The van der Waals surface area contributed by atoms with Crippen molar-refractivity contribution in [2.24, 2.45) is 0 Å². The average molecular weight is 351 g/mol. The first-order valence-electron chi connectivity index (χ1n) is 9.35. The lowest BCUT2D eigenvalue weighted by Crippen LogP contribution is -2.49. The van der Waals surface area contributed by atoms with Crippen molar-refractivity contribution in [3.63, 3.8) is 0 Å². The summed E-state index contributed by atoms with van der Waals surface area (Å²) >= 11 is 0. The molecule has 1 atom stereocenters. The fraction of sp³-hybridized carbons (Fsp3) is 0.450. The minimum atomic E-state index is 0.0553. The van der Waals surface area contributed by atoms with Gasteiger partial charge >= 0.3 is 0 Å². The molecule has 2 aromatic rings. The number of likely N-dealkylation sites (tertiary alicyclic amines) is 1. The monoisotopic (exact) mass is 351 g/mol. The summed E-state index contributed by atoms with van der Waals surface area (Å²) in [6.45, 7) is 7.73. The van der Waals surface area contributed by atoms with Crippen molar-refractivity contribution in [1.82, 2.24) is 25.1 Å². The van der Waals surface area contributed by atoms with Crippen molar-refractivity contribution >= 4 is 5.91 Å². The molecular weight excluding hydrogens is 326 g/mol. The molecule has 3 heterocycles. The van der Waals surface area contributed by atoms with Gasteiger partial charge in [-0.2, -0.15) is 0 Å². The molecule has 0 aliphatic carbocycles. The van der Waals surface area contributed by atoms with Crippen LogP contribution in [0.2, 0.25) is 0 Å². The van der Waals surface area contributed by atoms with E-state index in [0.29, 0.717) is 17.4 Å². The number of aryl methyl sites for hydroxylation is 1. The lowest BCUT2D eigenvalue weighted by molar-refractivity contribution is 0.0772. The number of piperazine rings is 1. The number of benzene rings is 1. The van der Waals surface area contributed by atoms with Crippen LogP contribution in [-0.4, -0.2) is 71.0 Å². The molecule has 2 aliphatic rings. The Bertz CT molecular complexity index is 773. The largest absolute Gasteiger partial charge is 0.337 e. The Labute approximate surface area is 154 Å². The molecule has 0 radical (unpaired) electrons. The van der Waals surface area contributed by atoms with E-state index in [1.807, 2.05) is 42.2 Å². The van der Waals surface area contributed by atoms with E-state index in [4.69, 9.17) is 0 Å². The summed E-state index contributed by atoms with van der Waals surface area (Å²) in [5.41, 5.74) is 2.33. The van der Waals surface area contributed by atoms with Crippen LogP contribution < -0.4 is 5.32 Å². The Balaban J connectivity index is 1.46. The number of nitrogens with zero attached hydrogens (tertiary/aromatic N) is 4. The molecule has 6 nitrogen and oxygen atoms in total. The predicted molar refractivity (Wildman–Crippen MR) is 101 cm³/mol. The van der Waals surface area contributed by atoms with Gasteiger partial charge in [-0.3, -0.25) is 9.69 Å². The van der Waals surface area contributed by atoms with Gasteiger partial charge in [-0.25, -0.2) is 9.97 Å². The van der Waals surface area contributed by atoms with E-state index in [0.717, 1.165) is 56.9 Å².